The van der Waals surface area contributed by atoms with Crippen molar-refractivity contribution in [2.24, 2.45) is 0 Å². The third-order valence-electron chi connectivity index (χ3n) is 3.36. The van der Waals surface area contributed by atoms with Crippen molar-refractivity contribution in [2.75, 3.05) is 11.4 Å². The summed E-state index contributed by atoms with van der Waals surface area (Å²) in [6.07, 6.45) is 1.62. The van der Waals surface area contributed by atoms with Gasteiger partial charge in [0.05, 0.1) is 15.7 Å². The Morgan fingerprint density at radius 1 is 1.17 bits per heavy atom. The average molecular weight is 285 g/mol. The Hall–Kier alpha value is -1.26. The SMILES string of the molecule is O=C1C2CCCN2C(=O)N1c1ccc(Cl)c(Cl)c1. The molecule has 2 aliphatic heterocycles. The molecule has 2 heterocycles. The van der Waals surface area contributed by atoms with Gasteiger partial charge in [0.15, 0.2) is 0 Å². The van der Waals surface area contributed by atoms with Crippen molar-refractivity contribution in [1.82, 2.24) is 4.90 Å². The fraction of sp³-hybridized carbons (Fsp3) is 0.333. The molecule has 3 amide bonds. The van der Waals surface area contributed by atoms with Gasteiger partial charge in [-0.2, -0.15) is 0 Å². The second kappa shape index (κ2) is 4.14. The molecule has 6 heteroatoms. The van der Waals surface area contributed by atoms with Crippen LogP contribution < -0.4 is 4.90 Å². The van der Waals surface area contributed by atoms with E-state index in [1.165, 1.54) is 4.90 Å². The standard InChI is InChI=1S/C12H10Cl2N2O2/c13-8-4-3-7(6-9(8)14)16-11(17)10-2-1-5-15(10)12(16)18/h3-4,6,10H,1-2,5H2. The maximum Gasteiger partial charge on any atom is 0.332 e. The van der Waals surface area contributed by atoms with Gasteiger partial charge in [0.1, 0.15) is 6.04 Å². The van der Waals surface area contributed by atoms with Crippen LogP contribution in [0.3, 0.4) is 0 Å². The Morgan fingerprint density at radius 3 is 2.61 bits per heavy atom. The van der Waals surface area contributed by atoms with Gasteiger partial charge >= 0.3 is 6.03 Å². The monoisotopic (exact) mass is 284 g/mol. The number of hydrogen-bond acceptors (Lipinski definition) is 2. The average Bonchev–Trinajstić information content (AvgIpc) is 2.89. The highest BCUT2D eigenvalue weighted by Crippen LogP contribution is 2.34. The van der Waals surface area contributed by atoms with E-state index in [1.54, 1.807) is 23.1 Å². The van der Waals surface area contributed by atoms with E-state index in [9.17, 15) is 9.59 Å². The minimum absolute atomic E-state index is 0.170. The number of anilines is 1. The molecule has 0 spiro atoms. The van der Waals surface area contributed by atoms with Gasteiger partial charge in [0.2, 0.25) is 0 Å². The van der Waals surface area contributed by atoms with Crippen LogP contribution in [-0.2, 0) is 4.79 Å². The fourth-order valence-corrected chi connectivity index (χ4v) is 2.78. The Kier molecular flexibility index (Phi) is 2.72. The van der Waals surface area contributed by atoms with E-state index in [1.807, 2.05) is 0 Å². The van der Waals surface area contributed by atoms with Crippen molar-refractivity contribution >= 4 is 40.8 Å². The van der Waals surface area contributed by atoms with E-state index in [4.69, 9.17) is 23.2 Å². The summed E-state index contributed by atoms with van der Waals surface area (Å²) in [6, 6.07) is 4.20. The van der Waals surface area contributed by atoms with E-state index in [0.29, 0.717) is 22.3 Å². The first-order chi connectivity index (χ1) is 8.59. The summed E-state index contributed by atoms with van der Waals surface area (Å²) in [5.41, 5.74) is 0.480. The minimum atomic E-state index is -0.299. The van der Waals surface area contributed by atoms with Gasteiger partial charge in [-0.3, -0.25) is 4.79 Å². The molecule has 2 aliphatic rings. The number of halogens is 2. The molecule has 2 fully saturated rings. The highest BCUT2D eigenvalue weighted by Gasteiger charge is 2.47. The van der Waals surface area contributed by atoms with Crippen molar-refractivity contribution in [1.29, 1.82) is 0 Å². The normalized spacial score (nSPS) is 22.9. The highest BCUT2D eigenvalue weighted by atomic mass is 35.5. The molecule has 2 saturated heterocycles. The molecule has 0 bridgehead atoms. The van der Waals surface area contributed by atoms with Crippen LogP contribution in [0.25, 0.3) is 0 Å². The molecule has 1 aromatic rings. The van der Waals surface area contributed by atoms with Gasteiger partial charge in [0, 0.05) is 6.54 Å². The fourth-order valence-electron chi connectivity index (χ4n) is 2.49. The largest absolute Gasteiger partial charge is 0.332 e. The summed E-state index contributed by atoms with van der Waals surface area (Å²) in [5.74, 6) is -0.170. The topological polar surface area (TPSA) is 40.6 Å². The summed E-state index contributed by atoms with van der Waals surface area (Å²) in [5, 5.41) is 0.738. The van der Waals surface area contributed by atoms with Crippen LogP contribution in [0.4, 0.5) is 10.5 Å². The van der Waals surface area contributed by atoms with Crippen LogP contribution in [0.5, 0.6) is 0 Å². The van der Waals surface area contributed by atoms with E-state index in [-0.39, 0.29) is 18.0 Å². The lowest BCUT2D eigenvalue weighted by Crippen LogP contribution is -2.33. The lowest BCUT2D eigenvalue weighted by atomic mass is 10.2. The van der Waals surface area contributed by atoms with Crippen molar-refractivity contribution in [3.63, 3.8) is 0 Å². The van der Waals surface area contributed by atoms with Crippen LogP contribution >= 0.6 is 23.2 Å². The molecule has 0 aromatic heterocycles. The first-order valence-electron chi connectivity index (χ1n) is 5.69. The number of nitrogens with zero attached hydrogens (tertiary/aromatic N) is 2. The summed E-state index contributed by atoms with van der Waals surface area (Å²) in [4.78, 5) is 27.1. The maximum absolute atomic E-state index is 12.2. The summed E-state index contributed by atoms with van der Waals surface area (Å²) in [6.45, 7) is 0.646. The molecule has 1 atom stereocenters. The minimum Gasteiger partial charge on any atom is -0.312 e. The molecule has 0 saturated carbocycles. The zero-order valence-corrected chi connectivity index (χ0v) is 10.9. The van der Waals surface area contributed by atoms with E-state index >= 15 is 0 Å². The molecule has 1 unspecified atom stereocenters. The maximum atomic E-state index is 12.2. The second-order valence-corrected chi connectivity index (χ2v) is 5.22. The number of hydrogen-bond donors (Lipinski definition) is 0. The summed E-state index contributed by atoms with van der Waals surface area (Å²) >= 11 is 11.7. The molecule has 0 N–H and O–H groups in total. The Balaban J connectivity index is 1.99. The number of carbonyl (C=O) groups is 2. The lowest BCUT2D eigenvalue weighted by Gasteiger charge is -2.15. The third kappa shape index (κ3) is 1.60. The smallest absolute Gasteiger partial charge is 0.312 e. The number of fused-ring (bicyclic) bond motifs is 1. The summed E-state index contributed by atoms with van der Waals surface area (Å²) in [7, 11) is 0. The molecule has 4 nitrogen and oxygen atoms in total. The lowest BCUT2D eigenvalue weighted by molar-refractivity contribution is -0.119. The van der Waals surface area contributed by atoms with Gasteiger partial charge in [-0.05, 0) is 31.0 Å². The first kappa shape index (κ1) is 11.8. The molecule has 3 rings (SSSR count). The van der Waals surface area contributed by atoms with Crippen LogP contribution in [0, 0.1) is 0 Å². The number of carbonyl (C=O) groups excluding carboxylic acids is 2. The predicted molar refractivity (Wildman–Crippen MR) is 69.1 cm³/mol. The molecule has 94 valence electrons. The third-order valence-corrected chi connectivity index (χ3v) is 4.10. The van der Waals surface area contributed by atoms with Crippen LogP contribution in [-0.4, -0.2) is 29.4 Å². The van der Waals surface area contributed by atoms with E-state index in [2.05, 4.69) is 0 Å². The number of amides is 3. The first-order valence-corrected chi connectivity index (χ1v) is 6.45. The van der Waals surface area contributed by atoms with Crippen molar-refractivity contribution in [2.45, 2.75) is 18.9 Å². The molecule has 0 aliphatic carbocycles. The number of benzene rings is 1. The van der Waals surface area contributed by atoms with Gasteiger partial charge in [0.25, 0.3) is 5.91 Å². The van der Waals surface area contributed by atoms with Crippen LogP contribution in [0.15, 0.2) is 18.2 Å². The Morgan fingerprint density at radius 2 is 1.94 bits per heavy atom. The van der Waals surface area contributed by atoms with Crippen molar-refractivity contribution in [3.8, 4) is 0 Å². The highest BCUT2D eigenvalue weighted by molar-refractivity contribution is 6.42. The zero-order chi connectivity index (χ0) is 12.9. The van der Waals surface area contributed by atoms with Crippen molar-refractivity contribution < 1.29 is 9.59 Å². The number of urea groups is 1. The second-order valence-electron chi connectivity index (χ2n) is 4.41. The molecular formula is C12H10Cl2N2O2. The van der Waals surface area contributed by atoms with Crippen LogP contribution in [0.2, 0.25) is 10.0 Å². The quantitative estimate of drug-likeness (QED) is 0.744. The molecular weight excluding hydrogens is 275 g/mol. The Labute approximate surface area is 114 Å². The van der Waals surface area contributed by atoms with Crippen molar-refractivity contribution in [3.05, 3.63) is 28.2 Å². The van der Waals surface area contributed by atoms with Gasteiger partial charge < -0.3 is 4.90 Å². The predicted octanol–water partition coefficient (Wildman–Crippen LogP) is 2.92. The van der Waals surface area contributed by atoms with E-state index in [0.717, 1.165) is 12.8 Å². The number of rotatable bonds is 1. The molecule has 0 radical (unpaired) electrons. The van der Waals surface area contributed by atoms with Gasteiger partial charge in [-0.25, -0.2) is 9.69 Å². The Bertz CT molecular complexity index is 525. The number of imide groups is 1. The zero-order valence-electron chi connectivity index (χ0n) is 9.40. The molecule has 18 heavy (non-hydrogen) atoms. The van der Waals surface area contributed by atoms with Crippen LogP contribution in [0.1, 0.15) is 12.8 Å². The van der Waals surface area contributed by atoms with E-state index < -0.39 is 0 Å². The van der Waals surface area contributed by atoms with Gasteiger partial charge in [-0.1, -0.05) is 23.2 Å². The molecule has 1 aromatic carbocycles. The summed E-state index contributed by atoms with van der Waals surface area (Å²) < 4.78 is 0. The van der Waals surface area contributed by atoms with Gasteiger partial charge in [-0.15, -0.1) is 0 Å².